The molecule has 0 amide bonds. The summed E-state index contributed by atoms with van der Waals surface area (Å²) in [7, 11) is 0. The van der Waals surface area contributed by atoms with Gasteiger partial charge in [0.2, 0.25) is 0 Å². The van der Waals surface area contributed by atoms with E-state index in [1.165, 1.54) is 11.3 Å². The van der Waals surface area contributed by atoms with Crippen LogP contribution in [0.4, 0.5) is 0 Å². The first-order chi connectivity index (χ1) is 6.16. The second-order valence-corrected chi connectivity index (χ2v) is 4.39. The Kier molecular flexibility index (Phi) is 1.30. The minimum atomic E-state index is -0.0143. The van der Waals surface area contributed by atoms with E-state index < -0.39 is 0 Å². The van der Waals surface area contributed by atoms with Gasteiger partial charge in [0.15, 0.2) is 0 Å². The topological polar surface area (TPSA) is 28.7 Å². The van der Waals surface area contributed by atoms with Crippen molar-refractivity contribution in [2.75, 3.05) is 0 Å². The van der Waals surface area contributed by atoms with E-state index in [-0.39, 0.29) is 12.3 Å². The number of aromatic nitrogens is 2. The van der Waals surface area contributed by atoms with Crippen molar-refractivity contribution < 1.29 is 2.74 Å². The third-order valence-corrected chi connectivity index (χ3v) is 2.84. The average molecular weight is 231 g/mol. The highest BCUT2D eigenvalue weighted by Gasteiger charge is 2.01. The van der Waals surface area contributed by atoms with Gasteiger partial charge in [-0.05, 0) is 28.1 Å². The molecule has 0 bridgehead atoms. The van der Waals surface area contributed by atoms with E-state index >= 15 is 0 Å². The molecule has 4 heteroatoms. The first-order valence-corrected chi connectivity index (χ1v) is 4.56. The smallest absolute Gasteiger partial charge is 0.147 e. The van der Waals surface area contributed by atoms with Gasteiger partial charge in [-0.1, -0.05) is 0 Å². The van der Waals surface area contributed by atoms with E-state index in [0.717, 1.165) is 8.66 Å². The lowest BCUT2D eigenvalue weighted by Crippen LogP contribution is -1.71. The Morgan fingerprint density at radius 2 is 2.55 bits per heavy atom. The third-order valence-electron chi connectivity index (χ3n) is 1.21. The highest BCUT2D eigenvalue weighted by atomic mass is 79.9. The highest BCUT2D eigenvalue weighted by molar-refractivity contribution is 9.11. The van der Waals surface area contributed by atoms with Crippen LogP contribution in [0.3, 0.4) is 0 Å². The van der Waals surface area contributed by atoms with Gasteiger partial charge in [-0.2, -0.15) is 0 Å². The summed E-state index contributed by atoms with van der Waals surface area (Å²) < 4.78 is 15.6. The first kappa shape index (κ1) is 5.11. The van der Waals surface area contributed by atoms with Crippen LogP contribution in [0.5, 0.6) is 0 Å². The summed E-state index contributed by atoms with van der Waals surface area (Å²) in [5, 5.41) is 0. The third kappa shape index (κ3) is 1.36. The van der Waals surface area contributed by atoms with E-state index in [4.69, 9.17) is 2.74 Å². The minimum absolute atomic E-state index is 0.0143. The predicted molar refractivity (Wildman–Crippen MR) is 49.6 cm³/mol. The summed E-state index contributed by atoms with van der Waals surface area (Å²) in [6.07, 6.45) is 0.0408. The number of H-pyrrole nitrogens is 1. The largest absolute Gasteiger partial charge is 0.344 e. The zero-order chi connectivity index (χ0) is 9.42. The van der Waals surface area contributed by atoms with Gasteiger partial charge in [-0.15, -0.1) is 11.3 Å². The molecule has 2 nitrogen and oxygen atoms in total. The molecule has 0 atom stereocenters. The molecule has 1 N–H and O–H groups in total. The summed E-state index contributed by atoms with van der Waals surface area (Å²) >= 11 is 4.86. The number of imidazole rings is 1. The van der Waals surface area contributed by atoms with Crippen molar-refractivity contribution in [3.8, 4) is 10.7 Å². The normalized spacial score (nSPS) is 12.8. The molecule has 0 saturated carbocycles. The van der Waals surface area contributed by atoms with Crippen LogP contribution in [0.25, 0.3) is 10.7 Å². The first-order valence-electron chi connectivity index (χ1n) is 3.96. The van der Waals surface area contributed by atoms with E-state index in [9.17, 15) is 0 Å². The SMILES string of the molecule is [2H]c1nc(-c2ccc(Br)s2)[nH]c1[2H]. The summed E-state index contributed by atoms with van der Waals surface area (Å²) in [5.41, 5.74) is 0. The van der Waals surface area contributed by atoms with Crippen molar-refractivity contribution in [3.63, 3.8) is 0 Å². The number of thiophene rings is 1. The Morgan fingerprint density at radius 3 is 3.09 bits per heavy atom. The number of halogens is 1. The molecule has 0 fully saturated rings. The van der Waals surface area contributed by atoms with Crippen molar-refractivity contribution >= 4 is 27.3 Å². The van der Waals surface area contributed by atoms with Crippen LogP contribution in [0, 0.1) is 0 Å². The fourth-order valence-electron chi connectivity index (χ4n) is 0.757. The summed E-state index contributed by atoms with van der Waals surface area (Å²) in [5.74, 6) is 0.589. The Hall–Kier alpha value is -0.610. The van der Waals surface area contributed by atoms with E-state index in [1.54, 1.807) is 0 Å². The number of nitrogens with one attached hydrogen (secondary N) is 1. The van der Waals surface area contributed by atoms with Crippen molar-refractivity contribution in [2.24, 2.45) is 0 Å². The minimum Gasteiger partial charge on any atom is -0.344 e. The van der Waals surface area contributed by atoms with Gasteiger partial charge in [0, 0.05) is 12.3 Å². The van der Waals surface area contributed by atoms with Crippen molar-refractivity contribution in [2.45, 2.75) is 0 Å². The Bertz CT molecular complexity index is 418. The second-order valence-electron chi connectivity index (χ2n) is 1.93. The lowest BCUT2D eigenvalue weighted by atomic mass is 10.4. The monoisotopic (exact) mass is 230 g/mol. The molecule has 56 valence electrons. The second kappa shape index (κ2) is 2.79. The zero-order valence-electron chi connectivity index (χ0n) is 7.39. The number of nitrogens with zero attached hydrogens (tertiary/aromatic N) is 1. The Morgan fingerprint density at radius 1 is 1.64 bits per heavy atom. The van der Waals surface area contributed by atoms with Gasteiger partial charge in [0.05, 0.1) is 11.4 Å². The Balaban J connectivity index is 2.46. The van der Waals surface area contributed by atoms with Gasteiger partial charge >= 0.3 is 0 Å². The van der Waals surface area contributed by atoms with Crippen molar-refractivity contribution in [3.05, 3.63) is 28.3 Å². The molecule has 0 spiro atoms. The fourth-order valence-corrected chi connectivity index (χ4v) is 2.09. The summed E-state index contributed by atoms with van der Waals surface area (Å²) in [6, 6.07) is 3.81. The molecule has 11 heavy (non-hydrogen) atoms. The quantitative estimate of drug-likeness (QED) is 0.803. The van der Waals surface area contributed by atoms with Gasteiger partial charge in [0.1, 0.15) is 5.82 Å². The van der Waals surface area contributed by atoms with Gasteiger partial charge in [0.25, 0.3) is 0 Å². The van der Waals surface area contributed by atoms with Gasteiger partial charge in [-0.3, -0.25) is 0 Å². The van der Waals surface area contributed by atoms with Crippen LogP contribution >= 0.6 is 27.3 Å². The molecule has 0 saturated heterocycles. The molecule has 0 radical (unpaired) electrons. The maximum absolute atomic E-state index is 7.28. The van der Waals surface area contributed by atoms with Crippen LogP contribution in [-0.4, -0.2) is 9.97 Å². The number of hydrogen-bond acceptors (Lipinski definition) is 2. The van der Waals surface area contributed by atoms with Crippen LogP contribution in [-0.2, 0) is 0 Å². The lowest BCUT2D eigenvalue weighted by Gasteiger charge is -1.85. The predicted octanol–water partition coefficient (Wildman–Crippen LogP) is 2.90. The van der Waals surface area contributed by atoms with Gasteiger partial charge in [-0.25, -0.2) is 4.98 Å². The average Bonchev–Trinajstić information content (AvgIpc) is 2.61. The van der Waals surface area contributed by atoms with E-state index in [0.29, 0.717) is 5.82 Å². The highest BCUT2D eigenvalue weighted by Crippen LogP contribution is 2.28. The standard InChI is InChI=1S/C7H5BrN2S/c8-6-2-1-5(11-6)7-9-3-4-10-7/h1-4H,(H,9,10)/i3D,4D. The molecule has 2 aromatic rings. The number of aromatic amines is 1. The molecule has 0 aliphatic rings. The van der Waals surface area contributed by atoms with Crippen LogP contribution in [0.1, 0.15) is 2.74 Å². The van der Waals surface area contributed by atoms with Crippen LogP contribution < -0.4 is 0 Å². The molecular formula is C7H5BrN2S. The molecule has 0 unspecified atom stereocenters. The van der Waals surface area contributed by atoms with E-state index in [2.05, 4.69) is 25.9 Å². The Labute approximate surface area is 79.2 Å². The van der Waals surface area contributed by atoms with Crippen molar-refractivity contribution in [1.29, 1.82) is 0 Å². The zero-order valence-corrected chi connectivity index (χ0v) is 7.79. The summed E-state index contributed by atoms with van der Waals surface area (Å²) in [4.78, 5) is 7.57. The number of rotatable bonds is 1. The maximum atomic E-state index is 7.28. The van der Waals surface area contributed by atoms with Crippen LogP contribution in [0.2, 0.25) is 0 Å². The molecule has 0 aliphatic heterocycles. The molecule has 2 aromatic heterocycles. The lowest BCUT2D eigenvalue weighted by molar-refractivity contribution is 1.33. The van der Waals surface area contributed by atoms with E-state index in [1.807, 2.05) is 12.1 Å². The molecule has 0 aromatic carbocycles. The molecule has 2 rings (SSSR count). The number of hydrogen-bond donors (Lipinski definition) is 1. The molecule has 2 heterocycles. The molecule has 0 aliphatic carbocycles. The van der Waals surface area contributed by atoms with Crippen molar-refractivity contribution in [1.82, 2.24) is 9.97 Å². The van der Waals surface area contributed by atoms with Gasteiger partial charge < -0.3 is 4.98 Å². The maximum Gasteiger partial charge on any atom is 0.147 e. The fraction of sp³-hybridized carbons (Fsp3) is 0. The van der Waals surface area contributed by atoms with Crippen LogP contribution in [0.15, 0.2) is 28.3 Å². The summed E-state index contributed by atoms with van der Waals surface area (Å²) in [6.45, 7) is 0. The molecular weight excluding hydrogens is 224 g/mol.